The van der Waals surface area contributed by atoms with Crippen molar-refractivity contribution in [3.63, 3.8) is 0 Å². The van der Waals surface area contributed by atoms with Gasteiger partial charge >= 0.3 is 0 Å². The second-order valence-corrected chi connectivity index (χ2v) is 7.18. The maximum Gasteiger partial charge on any atom is 0.277 e. The van der Waals surface area contributed by atoms with Crippen molar-refractivity contribution in [2.45, 2.75) is 52.0 Å². The predicted molar refractivity (Wildman–Crippen MR) is 108 cm³/mol. The Morgan fingerprint density at radius 1 is 1.32 bits per heavy atom. The van der Waals surface area contributed by atoms with E-state index in [4.69, 9.17) is 10.00 Å². The Bertz CT molecular complexity index is 902. The zero-order chi connectivity index (χ0) is 19.9. The van der Waals surface area contributed by atoms with Crippen LogP contribution >= 0.6 is 0 Å². The number of hydrogen-bond donors (Lipinski definition) is 1. The van der Waals surface area contributed by atoms with Crippen molar-refractivity contribution in [3.8, 4) is 11.8 Å². The van der Waals surface area contributed by atoms with E-state index in [1.807, 2.05) is 6.07 Å². The zero-order valence-electron chi connectivity index (χ0n) is 16.4. The zero-order valence-corrected chi connectivity index (χ0v) is 16.4. The molecule has 0 radical (unpaired) electrons. The monoisotopic (exact) mass is 378 g/mol. The maximum atomic E-state index is 12.0. The Balaban J connectivity index is 1.57. The molecule has 0 spiro atoms. The summed E-state index contributed by atoms with van der Waals surface area (Å²) in [6.45, 7) is 4.03. The average Bonchev–Trinajstić information content (AvgIpc) is 3.00. The standard InChI is InChI=1S/C22H26N4O2/c1-16-12-19(17(2)26(16)20-9-4-3-5-10-20)14-24-25-22(27)15-28-21-11-7-6-8-18(21)13-23/h6-8,11-12,14,20H,3-5,9-10,15H2,1-2H3,(H,25,27)/b24-14-. The van der Waals surface area contributed by atoms with E-state index >= 15 is 0 Å². The van der Waals surface area contributed by atoms with Gasteiger partial charge in [0.15, 0.2) is 6.61 Å². The van der Waals surface area contributed by atoms with Gasteiger partial charge in [-0.15, -0.1) is 0 Å². The van der Waals surface area contributed by atoms with Gasteiger partial charge in [0.2, 0.25) is 0 Å². The van der Waals surface area contributed by atoms with Gasteiger partial charge in [-0.05, 0) is 44.9 Å². The summed E-state index contributed by atoms with van der Waals surface area (Å²) in [6.07, 6.45) is 8.04. The highest BCUT2D eigenvalue weighted by Crippen LogP contribution is 2.31. The summed E-state index contributed by atoms with van der Waals surface area (Å²) in [6, 6.07) is 11.5. The number of nitriles is 1. The number of ether oxygens (including phenoxy) is 1. The lowest BCUT2D eigenvalue weighted by Crippen LogP contribution is -2.24. The third-order valence-corrected chi connectivity index (χ3v) is 5.22. The number of para-hydroxylation sites is 1. The Hall–Kier alpha value is -3.07. The van der Waals surface area contributed by atoms with Gasteiger partial charge in [-0.25, -0.2) is 5.43 Å². The minimum Gasteiger partial charge on any atom is -0.482 e. The smallest absolute Gasteiger partial charge is 0.277 e. The van der Waals surface area contributed by atoms with Gasteiger partial charge in [0.1, 0.15) is 11.8 Å². The lowest BCUT2D eigenvalue weighted by atomic mass is 9.95. The highest BCUT2D eigenvalue weighted by molar-refractivity contribution is 5.84. The first kappa shape index (κ1) is 19.7. The molecule has 1 saturated carbocycles. The molecular weight excluding hydrogens is 352 g/mol. The minimum atomic E-state index is -0.370. The molecule has 1 aromatic carbocycles. The van der Waals surface area contributed by atoms with Crippen LogP contribution < -0.4 is 10.2 Å². The molecule has 0 unspecified atom stereocenters. The average molecular weight is 378 g/mol. The summed E-state index contributed by atoms with van der Waals surface area (Å²) in [7, 11) is 0. The maximum absolute atomic E-state index is 12.0. The molecule has 0 bridgehead atoms. The Morgan fingerprint density at radius 2 is 2.07 bits per heavy atom. The number of benzene rings is 1. The highest BCUT2D eigenvalue weighted by atomic mass is 16.5. The van der Waals surface area contributed by atoms with Crippen molar-refractivity contribution in [2.24, 2.45) is 5.10 Å². The van der Waals surface area contributed by atoms with Crippen LogP contribution in [-0.2, 0) is 4.79 Å². The fraction of sp³-hybridized carbons (Fsp3) is 0.409. The largest absolute Gasteiger partial charge is 0.482 e. The van der Waals surface area contributed by atoms with Crippen LogP contribution in [0.5, 0.6) is 5.75 Å². The quantitative estimate of drug-likeness (QED) is 0.609. The van der Waals surface area contributed by atoms with Crippen LogP contribution in [0.1, 0.15) is 60.7 Å². The van der Waals surface area contributed by atoms with Crippen molar-refractivity contribution in [1.29, 1.82) is 5.26 Å². The fourth-order valence-electron chi connectivity index (χ4n) is 3.87. The van der Waals surface area contributed by atoms with Crippen LogP contribution in [0.15, 0.2) is 35.4 Å². The van der Waals surface area contributed by atoms with Crippen molar-refractivity contribution < 1.29 is 9.53 Å². The third kappa shape index (κ3) is 4.61. The first-order chi connectivity index (χ1) is 13.6. The molecule has 0 saturated heterocycles. The lowest BCUT2D eigenvalue weighted by Gasteiger charge is -2.26. The van der Waals surface area contributed by atoms with Crippen molar-refractivity contribution in [3.05, 3.63) is 52.8 Å². The predicted octanol–water partition coefficient (Wildman–Crippen LogP) is 4.01. The number of aromatic nitrogens is 1. The molecule has 1 aliphatic rings. The number of rotatable bonds is 6. The third-order valence-electron chi connectivity index (χ3n) is 5.22. The molecule has 1 aromatic heterocycles. The van der Waals surface area contributed by atoms with Gasteiger partial charge in [0, 0.05) is 23.0 Å². The molecule has 3 rings (SSSR count). The molecule has 1 N–H and O–H groups in total. The molecule has 6 nitrogen and oxygen atoms in total. The van der Waals surface area contributed by atoms with Gasteiger partial charge in [-0.1, -0.05) is 31.4 Å². The molecular formula is C22H26N4O2. The number of carbonyl (C=O) groups excluding carboxylic acids is 1. The molecule has 1 aliphatic carbocycles. The van der Waals surface area contributed by atoms with E-state index in [-0.39, 0.29) is 12.5 Å². The number of nitrogens with zero attached hydrogens (tertiary/aromatic N) is 3. The van der Waals surface area contributed by atoms with Crippen LogP contribution in [-0.4, -0.2) is 23.3 Å². The van der Waals surface area contributed by atoms with E-state index in [1.165, 1.54) is 43.5 Å². The second-order valence-electron chi connectivity index (χ2n) is 7.18. The molecule has 0 atom stereocenters. The number of carbonyl (C=O) groups is 1. The SMILES string of the molecule is Cc1cc(/C=N\NC(=O)COc2ccccc2C#N)c(C)n1C1CCCCC1. The van der Waals surface area contributed by atoms with E-state index in [0.717, 1.165) is 5.56 Å². The summed E-state index contributed by atoms with van der Waals surface area (Å²) >= 11 is 0. The van der Waals surface area contributed by atoms with Gasteiger partial charge in [0.05, 0.1) is 11.8 Å². The van der Waals surface area contributed by atoms with E-state index in [2.05, 4.69) is 35.0 Å². The summed E-state index contributed by atoms with van der Waals surface area (Å²) < 4.78 is 7.81. The number of hydrazone groups is 1. The molecule has 6 heteroatoms. The summed E-state index contributed by atoms with van der Waals surface area (Å²) in [5.41, 5.74) is 6.31. The number of amides is 1. The summed E-state index contributed by atoms with van der Waals surface area (Å²) in [5, 5.41) is 13.1. The van der Waals surface area contributed by atoms with Gasteiger partial charge < -0.3 is 9.30 Å². The Morgan fingerprint density at radius 3 is 2.82 bits per heavy atom. The minimum absolute atomic E-state index is 0.197. The molecule has 1 amide bonds. The molecule has 28 heavy (non-hydrogen) atoms. The van der Waals surface area contributed by atoms with E-state index in [0.29, 0.717) is 17.4 Å². The van der Waals surface area contributed by atoms with Crippen LogP contribution in [0.4, 0.5) is 0 Å². The number of aryl methyl sites for hydroxylation is 1. The van der Waals surface area contributed by atoms with E-state index in [1.54, 1.807) is 30.5 Å². The molecule has 1 heterocycles. The number of hydrogen-bond acceptors (Lipinski definition) is 4. The molecule has 0 aliphatic heterocycles. The first-order valence-corrected chi connectivity index (χ1v) is 9.72. The van der Waals surface area contributed by atoms with Crippen LogP contribution in [0.2, 0.25) is 0 Å². The van der Waals surface area contributed by atoms with Gasteiger partial charge in [0.25, 0.3) is 5.91 Å². The Labute approximate surface area is 165 Å². The van der Waals surface area contributed by atoms with E-state index in [9.17, 15) is 4.79 Å². The topological polar surface area (TPSA) is 79.4 Å². The van der Waals surface area contributed by atoms with E-state index < -0.39 is 0 Å². The van der Waals surface area contributed by atoms with Crippen molar-refractivity contribution in [2.75, 3.05) is 6.61 Å². The lowest BCUT2D eigenvalue weighted by molar-refractivity contribution is -0.123. The first-order valence-electron chi connectivity index (χ1n) is 9.72. The van der Waals surface area contributed by atoms with Crippen molar-refractivity contribution >= 4 is 12.1 Å². The van der Waals surface area contributed by atoms with Gasteiger partial charge in [-0.3, -0.25) is 4.79 Å². The molecule has 146 valence electrons. The van der Waals surface area contributed by atoms with Crippen LogP contribution in [0.25, 0.3) is 0 Å². The normalized spacial score (nSPS) is 14.8. The fourth-order valence-corrected chi connectivity index (χ4v) is 3.87. The molecule has 2 aromatic rings. The van der Waals surface area contributed by atoms with Crippen LogP contribution in [0.3, 0.4) is 0 Å². The highest BCUT2D eigenvalue weighted by Gasteiger charge is 2.19. The Kier molecular flexibility index (Phi) is 6.49. The second kappa shape index (κ2) is 9.23. The van der Waals surface area contributed by atoms with Crippen LogP contribution in [0, 0.1) is 25.2 Å². The van der Waals surface area contributed by atoms with Gasteiger partial charge in [-0.2, -0.15) is 10.4 Å². The summed E-state index contributed by atoms with van der Waals surface area (Å²) in [5.74, 6) is 0.0187. The van der Waals surface area contributed by atoms with Crippen molar-refractivity contribution in [1.82, 2.24) is 9.99 Å². The number of nitrogens with one attached hydrogen (secondary N) is 1. The summed E-state index contributed by atoms with van der Waals surface area (Å²) in [4.78, 5) is 12.0. The molecule has 1 fully saturated rings.